The van der Waals surface area contributed by atoms with Crippen molar-refractivity contribution in [3.63, 3.8) is 0 Å². The molecular formula is C14H16Cl2N2O2. The number of carbonyl (C=O) groups excluding carboxylic acids is 2. The monoisotopic (exact) mass is 314 g/mol. The van der Waals surface area contributed by atoms with E-state index in [9.17, 15) is 9.59 Å². The van der Waals surface area contributed by atoms with Gasteiger partial charge < -0.3 is 5.32 Å². The van der Waals surface area contributed by atoms with E-state index in [4.69, 9.17) is 23.2 Å². The van der Waals surface area contributed by atoms with Crippen LogP contribution >= 0.6 is 23.2 Å². The predicted octanol–water partition coefficient (Wildman–Crippen LogP) is 3.46. The van der Waals surface area contributed by atoms with Crippen molar-refractivity contribution < 1.29 is 9.59 Å². The van der Waals surface area contributed by atoms with E-state index < -0.39 is 12.1 Å². The molecule has 1 unspecified atom stereocenters. The Kier molecular flexibility index (Phi) is 4.55. The van der Waals surface area contributed by atoms with Gasteiger partial charge in [-0.15, -0.1) is 0 Å². The summed E-state index contributed by atoms with van der Waals surface area (Å²) in [4.78, 5) is 25.3. The predicted molar refractivity (Wildman–Crippen MR) is 78.8 cm³/mol. The summed E-state index contributed by atoms with van der Waals surface area (Å²) in [6.07, 6.45) is 0.622. The normalized spacial score (nSPS) is 18.9. The van der Waals surface area contributed by atoms with Crippen molar-refractivity contribution in [1.29, 1.82) is 0 Å². The van der Waals surface area contributed by atoms with Crippen LogP contribution in [-0.2, 0) is 11.3 Å². The van der Waals surface area contributed by atoms with Crippen molar-refractivity contribution in [3.05, 3.63) is 33.8 Å². The van der Waals surface area contributed by atoms with Crippen LogP contribution in [0.4, 0.5) is 4.79 Å². The Morgan fingerprint density at radius 3 is 2.40 bits per heavy atom. The molecule has 0 spiro atoms. The first-order valence-electron chi connectivity index (χ1n) is 6.45. The first-order valence-corrected chi connectivity index (χ1v) is 7.20. The smallest absolute Gasteiger partial charge is 0.325 e. The lowest BCUT2D eigenvalue weighted by Crippen LogP contribution is -2.31. The van der Waals surface area contributed by atoms with Crippen LogP contribution in [0, 0.1) is 5.92 Å². The molecule has 0 saturated carbocycles. The fraction of sp³-hybridized carbons (Fsp3) is 0.429. The maximum atomic E-state index is 12.2. The molecule has 20 heavy (non-hydrogen) atoms. The van der Waals surface area contributed by atoms with Gasteiger partial charge in [0.1, 0.15) is 6.04 Å². The third-order valence-electron chi connectivity index (χ3n) is 3.19. The van der Waals surface area contributed by atoms with Crippen molar-refractivity contribution in [1.82, 2.24) is 10.2 Å². The van der Waals surface area contributed by atoms with E-state index in [1.807, 2.05) is 13.8 Å². The molecule has 1 saturated heterocycles. The van der Waals surface area contributed by atoms with Crippen molar-refractivity contribution in [2.75, 3.05) is 0 Å². The van der Waals surface area contributed by atoms with Gasteiger partial charge >= 0.3 is 6.03 Å². The maximum Gasteiger partial charge on any atom is 0.325 e. The quantitative estimate of drug-likeness (QED) is 0.865. The zero-order chi connectivity index (χ0) is 14.9. The Bertz CT molecular complexity index is 526. The van der Waals surface area contributed by atoms with E-state index in [0.717, 1.165) is 0 Å². The van der Waals surface area contributed by atoms with Gasteiger partial charge in [0.2, 0.25) is 0 Å². The molecule has 0 aromatic heterocycles. The van der Waals surface area contributed by atoms with Crippen LogP contribution in [-0.4, -0.2) is 22.9 Å². The van der Waals surface area contributed by atoms with Gasteiger partial charge in [0.15, 0.2) is 0 Å². The summed E-state index contributed by atoms with van der Waals surface area (Å²) in [6, 6.07) is 4.25. The topological polar surface area (TPSA) is 49.4 Å². The van der Waals surface area contributed by atoms with E-state index in [0.29, 0.717) is 27.9 Å². The highest BCUT2D eigenvalue weighted by Gasteiger charge is 2.38. The highest BCUT2D eigenvalue weighted by atomic mass is 35.5. The number of rotatable bonds is 4. The fourth-order valence-corrected chi connectivity index (χ4v) is 2.72. The Balaban J connectivity index is 2.17. The number of nitrogens with zero attached hydrogens (tertiary/aromatic N) is 1. The van der Waals surface area contributed by atoms with Crippen molar-refractivity contribution in [2.45, 2.75) is 32.9 Å². The molecule has 108 valence electrons. The first-order chi connectivity index (χ1) is 9.40. The van der Waals surface area contributed by atoms with Gasteiger partial charge in [0, 0.05) is 15.6 Å². The molecule has 1 aromatic carbocycles. The number of benzene rings is 1. The summed E-state index contributed by atoms with van der Waals surface area (Å²) < 4.78 is 0. The number of imide groups is 1. The average molecular weight is 315 g/mol. The van der Waals surface area contributed by atoms with Gasteiger partial charge in [-0.05, 0) is 24.5 Å². The third kappa shape index (κ3) is 3.07. The van der Waals surface area contributed by atoms with Crippen molar-refractivity contribution in [3.8, 4) is 0 Å². The van der Waals surface area contributed by atoms with Crippen LogP contribution < -0.4 is 5.32 Å². The average Bonchev–Trinajstić information content (AvgIpc) is 2.60. The van der Waals surface area contributed by atoms with Gasteiger partial charge in [-0.2, -0.15) is 0 Å². The van der Waals surface area contributed by atoms with Gasteiger partial charge in [0.25, 0.3) is 5.91 Å². The van der Waals surface area contributed by atoms with Gasteiger partial charge in [0.05, 0.1) is 6.54 Å². The number of amides is 3. The SMILES string of the molecule is CC(C)CC1NC(=O)N(Cc2c(Cl)cccc2Cl)C1=O. The molecule has 2 rings (SSSR count). The van der Waals surface area contributed by atoms with Gasteiger partial charge in [-0.25, -0.2) is 4.79 Å². The van der Waals surface area contributed by atoms with Crippen LogP contribution in [0.5, 0.6) is 0 Å². The molecular weight excluding hydrogens is 299 g/mol. The van der Waals surface area contributed by atoms with Crippen LogP contribution in [0.15, 0.2) is 18.2 Å². The molecule has 6 heteroatoms. The number of nitrogens with one attached hydrogen (secondary N) is 1. The Hall–Kier alpha value is -1.26. The number of hydrogen-bond donors (Lipinski definition) is 1. The summed E-state index contributed by atoms with van der Waals surface area (Å²) in [5.41, 5.74) is 0.588. The molecule has 1 atom stereocenters. The van der Waals surface area contributed by atoms with Gasteiger partial charge in [-0.3, -0.25) is 9.69 Å². The van der Waals surface area contributed by atoms with Crippen LogP contribution in [0.3, 0.4) is 0 Å². The van der Waals surface area contributed by atoms with Crippen LogP contribution in [0.25, 0.3) is 0 Å². The highest BCUT2D eigenvalue weighted by molar-refractivity contribution is 6.36. The molecule has 1 fully saturated rings. The Morgan fingerprint density at radius 1 is 1.25 bits per heavy atom. The second kappa shape index (κ2) is 6.02. The lowest BCUT2D eigenvalue weighted by atomic mass is 10.0. The first kappa shape index (κ1) is 15.1. The molecule has 1 heterocycles. The van der Waals surface area contributed by atoms with E-state index >= 15 is 0 Å². The van der Waals surface area contributed by atoms with Crippen LogP contribution in [0.1, 0.15) is 25.8 Å². The van der Waals surface area contributed by atoms with E-state index in [-0.39, 0.29) is 12.5 Å². The lowest BCUT2D eigenvalue weighted by molar-refractivity contribution is -0.128. The lowest BCUT2D eigenvalue weighted by Gasteiger charge is -2.15. The zero-order valence-electron chi connectivity index (χ0n) is 11.3. The Morgan fingerprint density at radius 2 is 1.85 bits per heavy atom. The molecule has 3 amide bonds. The highest BCUT2D eigenvalue weighted by Crippen LogP contribution is 2.27. The largest absolute Gasteiger partial charge is 0.326 e. The third-order valence-corrected chi connectivity index (χ3v) is 3.90. The van der Waals surface area contributed by atoms with Crippen LogP contribution in [0.2, 0.25) is 10.0 Å². The summed E-state index contributed by atoms with van der Waals surface area (Å²) in [6.45, 7) is 4.11. The fourth-order valence-electron chi connectivity index (χ4n) is 2.20. The molecule has 0 radical (unpaired) electrons. The van der Waals surface area contributed by atoms with Crippen molar-refractivity contribution in [2.24, 2.45) is 5.92 Å². The van der Waals surface area contributed by atoms with Gasteiger partial charge in [-0.1, -0.05) is 43.1 Å². The molecule has 0 bridgehead atoms. The maximum absolute atomic E-state index is 12.2. The molecule has 1 aliphatic rings. The number of carbonyl (C=O) groups is 2. The minimum atomic E-state index is -0.455. The summed E-state index contributed by atoms with van der Waals surface area (Å²) in [7, 11) is 0. The van der Waals surface area contributed by atoms with Crippen molar-refractivity contribution >= 4 is 35.1 Å². The molecule has 4 nitrogen and oxygen atoms in total. The molecule has 1 N–H and O–H groups in total. The zero-order valence-corrected chi connectivity index (χ0v) is 12.8. The Labute approximate surface area is 128 Å². The molecule has 1 aromatic rings. The summed E-state index contributed by atoms with van der Waals surface area (Å²) >= 11 is 12.1. The number of hydrogen-bond acceptors (Lipinski definition) is 2. The molecule has 1 aliphatic heterocycles. The minimum absolute atomic E-state index is 0.0950. The van der Waals surface area contributed by atoms with E-state index in [1.165, 1.54) is 4.90 Å². The summed E-state index contributed by atoms with van der Waals surface area (Å²) in [5.74, 6) is 0.104. The van der Waals surface area contributed by atoms with E-state index in [1.54, 1.807) is 18.2 Å². The second-order valence-electron chi connectivity index (χ2n) is 5.26. The summed E-state index contributed by atoms with van der Waals surface area (Å²) in [5, 5.41) is 3.59. The molecule has 0 aliphatic carbocycles. The second-order valence-corrected chi connectivity index (χ2v) is 6.07. The van der Waals surface area contributed by atoms with E-state index in [2.05, 4.69) is 5.32 Å². The number of halogens is 2. The minimum Gasteiger partial charge on any atom is -0.326 e. The number of urea groups is 1. The standard InChI is InChI=1S/C14H16Cl2N2O2/c1-8(2)6-12-13(19)18(14(20)17-12)7-9-10(15)4-3-5-11(9)16/h3-5,8,12H,6-7H2,1-2H3,(H,17,20).